The van der Waals surface area contributed by atoms with Gasteiger partial charge in [-0.15, -0.1) is 0 Å². The molecule has 0 spiro atoms. The average Bonchev–Trinajstić information content (AvgIpc) is 3.43. The molecule has 7 heteroatoms. The van der Waals surface area contributed by atoms with Crippen LogP contribution in [0.1, 0.15) is 41.6 Å². The molecule has 2 aliphatic rings. The highest BCUT2D eigenvalue weighted by Gasteiger charge is 2.46. The van der Waals surface area contributed by atoms with Crippen molar-refractivity contribution in [3.63, 3.8) is 0 Å². The molecular weight excluding hydrogens is 492 g/mol. The molecule has 3 aromatic carbocycles. The number of nitrogens with zero attached hydrogens (tertiary/aromatic N) is 2. The monoisotopic (exact) mass is 526 g/mol. The summed E-state index contributed by atoms with van der Waals surface area (Å²) in [6.07, 6.45) is 1.47. The van der Waals surface area contributed by atoms with Crippen LogP contribution in [0.2, 0.25) is 0 Å². The lowest BCUT2D eigenvalue weighted by atomic mass is 9.94. The molecule has 1 amide bonds. The van der Waals surface area contributed by atoms with Crippen molar-refractivity contribution in [2.45, 2.75) is 38.5 Å². The van der Waals surface area contributed by atoms with E-state index in [1.165, 1.54) is 0 Å². The topological polar surface area (TPSA) is 79.3 Å². The Balaban J connectivity index is 1.52. The molecule has 2 heterocycles. The van der Waals surface area contributed by atoms with Crippen LogP contribution >= 0.6 is 0 Å². The van der Waals surface area contributed by atoms with Crippen LogP contribution in [0.25, 0.3) is 5.76 Å². The predicted octanol–water partition coefficient (Wildman–Crippen LogP) is 4.96. The third-order valence-corrected chi connectivity index (χ3v) is 7.14. The molecule has 202 valence electrons. The molecule has 39 heavy (non-hydrogen) atoms. The van der Waals surface area contributed by atoms with Crippen LogP contribution in [-0.2, 0) is 22.6 Å². The summed E-state index contributed by atoms with van der Waals surface area (Å²) in [6.45, 7) is 3.53. The summed E-state index contributed by atoms with van der Waals surface area (Å²) in [6, 6.07) is 22.0. The molecule has 1 saturated heterocycles. The average molecular weight is 527 g/mol. The second-order valence-corrected chi connectivity index (χ2v) is 10.5. The van der Waals surface area contributed by atoms with E-state index in [0.29, 0.717) is 36.4 Å². The SMILES string of the molecule is C[C@H]1Cc2cc(C(O)=C3C(=O)C(=O)N(CCCN(C)C)[C@H]3c3cccc(OCc4ccccc4)c3)ccc2O1. The first-order valence-corrected chi connectivity index (χ1v) is 13.3. The molecule has 0 bridgehead atoms. The number of Topliss-reactive ketones (excluding diaryl/α,β-unsaturated/α-hetero) is 1. The summed E-state index contributed by atoms with van der Waals surface area (Å²) in [5.41, 5.74) is 3.31. The van der Waals surface area contributed by atoms with Crippen LogP contribution in [0.5, 0.6) is 11.5 Å². The largest absolute Gasteiger partial charge is 0.507 e. The number of hydrogen-bond acceptors (Lipinski definition) is 6. The summed E-state index contributed by atoms with van der Waals surface area (Å²) >= 11 is 0. The summed E-state index contributed by atoms with van der Waals surface area (Å²) < 4.78 is 11.8. The fraction of sp³-hybridized carbons (Fsp3) is 0.312. The lowest BCUT2D eigenvalue weighted by Gasteiger charge is -2.26. The summed E-state index contributed by atoms with van der Waals surface area (Å²) in [7, 11) is 3.94. The molecule has 7 nitrogen and oxygen atoms in total. The normalized spacial score (nSPS) is 19.8. The molecule has 0 aromatic heterocycles. The van der Waals surface area contributed by atoms with Gasteiger partial charge in [-0.05, 0) is 81.0 Å². The van der Waals surface area contributed by atoms with E-state index in [1.54, 1.807) is 11.0 Å². The third kappa shape index (κ3) is 5.68. The number of aliphatic hydroxyl groups excluding tert-OH is 1. The van der Waals surface area contributed by atoms with Crippen molar-refractivity contribution in [3.8, 4) is 11.5 Å². The van der Waals surface area contributed by atoms with Gasteiger partial charge in [0.2, 0.25) is 0 Å². The van der Waals surface area contributed by atoms with Crippen molar-refractivity contribution in [2.75, 3.05) is 27.2 Å². The van der Waals surface area contributed by atoms with E-state index in [-0.39, 0.29) is 17.4 Å². The summed E-state index contributed by atoms with van der Waals surface area (Å²) in [5.74, 6) is -0.0505. The first-order chi connectivity index (χ1) is 18.8. The minimum atomic E-state index is -0.726. The smallest absolute Gasteiger partial charge is 0.295 e. The van der Waals surface area contributed by atoms with E-state index in [9.17, 15) is 14.7 Å². The van der Waals surface area contributed by atoms with Gasteiger partial charge in [0.05, 0.1) is 11.6 Å². The van der Waals surface area contributed by atoms with Crippen LogP contribution in [0.4, 0.5) is 0 Å². The highest BCUT2D eigenvalue weighted by molar-refractivity contribution is 6.46. The van der Waals surface area contributed by atoms with Gasteiger partial charge in [-0.3, -0.25) is 9.59 Å². The maximum absolute atomic E-state index is 13.4. The fourth-order valence-electron chi connectivity index (χ4n) is 5.25. The van der Waals surface area contributed by atoms with Crippen LogP contribution in [0, 0.1) is 0 Å². The van der Waals surface area contributed by atoms with Crippen molar-refractivity contribution in [1.82, 2.24) is 9.80 Å². The number of benzene rings is 3. The summed E-state index contributed by atoms with van der Waals surface area (Å²) in [4.78, 5) is 30.3. The van der Waals surface area contributed by atoms with Gasteiger partial charge in [-0.2, -0.15) is 0 Å². The van der Waals surface area contributed by atoms with E-state index in [4.69, 9.17) is 9.47 Å². The van der Waals surface area contributed by atoms with E-state index in [2.05, 4.69) is 0 Å². The van der Waals surface area contributed by atoms with Crippen LogP contribution in [-0.4, -0.2) is 59.9 Å². The van der Waals surface area contributed by atoms with Crippen molar-refractivity contribution < 1.29 is 24.2 Å². The van der Waals surface area contributed by atoms with Gasteiger partial charge in [0, 0.05) is 18.5 Å². The van der Waals surface area contributed by atoms with Crippen molar-refractivity contribution >= 4 is 17.4 Å². The quantitative estimate of drug-likeness (QED) is 0.241. The van der Waals surface area contributed by atoms with Crippen LogP contribution < -0.4 is 9.47 Å². The molecule has 0 radical (unpaired) electrons. The Morgan fingerprint density at radius 1 is 1.05 bits per heavy atom. The number of carbonyl (C=O) groups excluding carboxylic acids is 2. The van der Waals surface area contributed by atoms with E-state index < -0.39 is 17.7 Å². The Bertz CT molecular complexity index is 1400. The van der Waals surface area contributed by atoms with Gasteiger partial charge in [0.25, 0.3) is 11.7 Å². The van der Waals surface area contributed by atoms with Gasteiger partial charge in [-0.25, -0.2) is 0 Å². The number of amides is 1. The first-order valence-electron chi connectivity index (χ1n) is 13.3. The maximum Gasteiger partial charge on any atom is 0.295 e. The van der Waals surface area contributed by atoms with Gasteiger partial charge in [0.15, 0.2) is 0 Å². The lowest BCUT2D eigenvalue weighted by molar-refractivity contribution is -0.139. The number of rotatable bonds is 9. The fourth-order valence-corrected chi connectivity index (χ4v) is 5.25. The van der Waals surface area contributed by atoms with Crippen LogP contribution in [0.15, 0.2) is 78.4 Å². The van der Waals surface area contributed by atoms with Gasteiger partial charge >= 0.3 is 0 Å². The lowest BCUT2D eigenvalue weighted by Crippen LogP contribution is -2.32. The molecular formula is C32H34N2O5. The number of ketones is 1. The molecule has 2 aliphatic heterocycles. The van der Waals surface area contributed by atoms with E-state index in [1.807, 2.05) is 92.6 Å². The second-order valence-electron chi connectivity index (χ2n) is 10.5. The highest BCUT2D eigenvalue weighted by Crippen LogP contribution is 2.41. The second kappa shape index (κ2) is 11.3. The van der Waals surface area contributed by atoms with E-state index >= 15 is 0 Å². The number of aliphatic hydroxyl groups is 1. The minimum absolute atomic E-state index is 0.0540. The molecule has 1 fully saturated rings. The molecule has 2 atom stereocenters. The molecule has 3 aromatic rings. The standard InChI is InChI=1S/C32H34N2O5/c1-21-17-25-18-24(13-14-27(25)39-21)30(35)28-29(34(32(37)31(28)36)16-8-15-33(2)3)23-11-7-12-26(19-23)38-20-22-9-5-4-6-10-22/h4-7,9-14,18-19,21,29,35H,8,15-17,20H2,1-3H3/t21-,29-/m0/s1. The van der Waals surface area contributed by atoms with E-state index in [0.717, 1.165) is 29.8 Å². The Hall–Kier alpha value is -4.10. The zero-order valence-electron chi connectivity index (χ0n) is 22.6. The number of fused-ring (bicyclic) bond motifs is 1. The first kappa shape index (κ1) is 26.5. The maximum atomic E-state index is 13.4. The number of likely N-dealkylation sites (tertiary alicyclic amines) is 1. The Kier molecular flexibility index (Phi) is 7.70. The Morgan fingerprint density at radius 3 is 2.62 bits per heavy atom. The van der Waals surface area contributed by atoms with Crippen molar-refractivity contribution in [2.24, 2.45) is 0 Å². The molecule has 0 aliphatic carbocycles. The minimum Gasteiger partial charge on any atom is -0.507 e. The van der Waals surface area contributed by atoms with Crippen molar-refractivity contribution in [3.05, 3.63) is 101 Å². The van der Waals surface area contributed by atoms with Crippen LogP contribution in [0.3, 0.4) is 0 Å². The third-order valence-electron chi connectivity index (χ3n) is 7.14. The number of carbonyl (C=O) groups is 2. The predicted molar refractivity (Wildman–Crippen MR) is 150 cm³/mol. The van der Waals surface area contributed by atoms with Gasteiger partial charge in [-0.1, -0.05) is 42.5 Å². The Labute approximate surface area is 229 Å². The zero-order chi connectivity index (χ0) is 27.5. The highest BCUT2D eigenvalue weighted by atomic mass is 16.5. The Morgan fingerprint density at radius 2 is 1.85 bits per heavy atom. The zero-order valence-corrected chi connectivity index (χ0v) is 22.6. The molecule has 0 saturated carbocycles. The van der Waals surface area contributed by atoms with Crippen molar-refractivity contribution in [1.29, 1.82) is 0 Å². The number of hydrogen-bond donors (Lipinski definition) is 1. The molecule has 1 N–H and O–H groups in total. The summed E-state index contributed by atoms with van der Waals surface area (Å²) in [5, 5.41) is 11.5. The van der Waals surface area contributed by atoms with Gasteiger partial charge in [0.1, 0.15) is 30.0 Å². The number of ether oxygens (including phenoxy) is 2. The molecule has 0 unspecified atom stereocenters. The van der Waals surface area contributed by atoms with Gasteiger partial charge < -0.3 is 24.4 Å². The molecule has 5 rings (SSSR count).